The van der Waals surface area contributed by atoms with E-state index in [1.165, 1.54) is 12.1 Å². The van der Waals surface area contributed by atoms with Gasteiger partial charge in [-0.15, -0.1) is 0 Å². The van der Waals surface area contributed by atoms with Gasteiger partial charge in [-0.25, -0.2) is 18.6 Å². The molecule has 1 aromatic carbocycles. The number of halogens is 5. The van der Waals surface area contributed by atoms with Gasteiger partial charge in [0.1, 0.15) is 5.69 Å². The van der Waals surface area contributed by atoms with Gasteiger partial charge in [0.25, 0.3) is 5.56 Å². The van der Waals surface area contributed by atoms with Gasteiger partial charge >= 0.3 is 6.18 Å². The number of aromatic nitrogens is 4. The fourth-order valence-corrected chi connectivity index (χ4v) is 5.07. The number of carbonyl (C=O) groups is 1. The summed E-state index contributed by atoms with van der Waals surface area (Å²) in [5.74, 6) is -2.21. The lowest BCUT2D eigenvalue weighted by Crippen LogP contribution is -2.60. The molecule has 2 saturated heterocycles. The molecular weight excluding hydrogens is 487 g/mol. The Kier molecular flexibility index (Phi) is 5.80. The van der Waals surface area contributed by atoms with E-state index in [9.17, 15) is 31.5 Å². The van der Waals surface area contributed by atoms with Crippen LogP contribution in [0, 0.1) is 11.6 Å². The molecule has 13 heteroatoms. The molecule has 4 heterocycles. The third-order valence-corrected chi connectivity index (χ3v) is 6.87. The normalized spacial score (nSPS) is 18.2. The van der Waals surface area contributed by atoms with Gasteiger partial charge < -0.3 is 9.80 Å². The summed E-state index contributed by atoms with van der Waals surface area (Å²) in [7, 11) is 0. The van der Waals surface area contributed by atoms with E-state index < -0.39 is 34.5 Å². The first-order valence-electron chi connectivity index (χ1n) is 11.3. The molecule has 2 aliphatic heterocycles. The Balaban J connectivity index is 1.40. The molecule has 2 aliphatic rings. The quantitative estimate of drug-likeness (QED) is 0.544. The van der Waals surface area contributed by atoms with Gasteiger partial charge in [0.2, 0.25) is 5.91 Å². The number of rotatable bonds is 3. The SMILES string of the molecule is O=C1CCCC2(CCN(c3cc(-n4cc(C(F)(F)F)cn4)n[nH]c3=O)CC2)N1c1ccc(F)c(F)c1. The summed E-state index contributed by atoms with van der Waals surface area (Å²) >= 11 is 0. The number of piperidine rings is 2. The molecule has 8 nitrogen and oxygen atoms in total. The highest BCUT2D eigenvalue weighted by atomic mass is 19.4. The van der Waals surface area contributed by atoms with Gasteiger partial charge in [-0.1, -0.05) is 0 Å². The van der Waals surface area contributed by atoms with Crippen molar-refractivity contribution in [2.75, 3.05) is 22.9 Å². The molecule has 0 atom stereocenters. The van der Waals surface area contributed by atoms with E-state index in [1.54, 1.807) is 9.80 Å². The van der Waals surface area contributed by atoms with Crippen LogP contribution in [0.15, 0.2) is 41.5 Å². The third-order valence-electron chi connectivity index (χ3n) is 6.87. The minimum atomic E-state index is -4.57. The lowest BCUT2D eigenvalue weighted by atomic mass is 9.77. The molecule has 0 radical (unpaired) electrons. The Morgan fingerprint density at radius 1 is 1.00 bits per heavy atom. The third kappa shape index (κ3) is 4.22. The number of amides is 1. The predicted octanol–water partition coefficient (Wildman–Crippen LogP) is 3.81. The zero-order chi connectivity index (χ0) is 25.7. The molecular formula is C23H21F5N6O2. The summed E-state index contributed by atoms with van der Waals surface area (Å²) in [4.78, 5) is 28.7. The Hall–Kier alpha value is -3.77. The lowest BCUT2D eigenvalue weighted by molar-refractivity contribution is -0.137. The van der Waals surface area contributed by atoms with Crippen LogP contribution in [0.5, 0.6) is 0 Å². The molecule has 0 aliphatic carbocycles. The number of nitrogens with zero attached hydrogens (tertiary/aromatic N) is 5. The highest BCUT2D eigenvalue weighted by molar-refractivity contribution is 5.95. The van der Waals surface area contributed by atoms with Crippen molar-refractivity contribution >= 4 is 17.3 Å². The number of hydrogen-bond acceptors (Lipinski definition) is 5. The summed E-state index contributed by atoms with van der Waals surface area (Å²) in [6, 6.07) is 4.76. The summed E-state index contributed by atoms with van der Waals surface area (Å²) in [5.41, 5.74) is -1.59. The van der Waals surface area contributed by atoms with Crippen molar-refractivity contribution in [1.82, 2.24) is 20.0 Å². The number of benzene rings is 1. The van der Waals surface area contributed by atoms with Gasteiger partial charge in [0.15, 0.2) is 17.5 Å². The second-order valence-corrected chi connectivity index (χ2v) is 9.00. The van der Waals surface area contributed by atoms with Crippen LogP contribution in [0.1, 0.15) is 37.7 Å². The molecule has 3 aromatic rings. The second-order valence-electron chi connectivity index (χ2n) is 9.00. The first kappa shape index (κ1) is 23.9. The average Bonchev–Trinajstić information content (AvgIpc) is 3.34. The second kappa shape index (κ2) is 8.71. The van der Waals surface area contributed by atoms with Gasteiger partial charge in [-0.2, -0.15) is 23.4 Å². The Bertz CT molecular complexity index is 1360. The van der Waals surface area contributed by atoms with E-state index in [0.717, 1.165) is 23.0 Å². The molecule has 1 N–H and O–H groups in total. The number of alkyl halides is 3. The van der Waals surface area contributed by atoms with Crippen molar-refractivity contribution < 1.29 is 26.7 Å². The lowest BCUT2D eigenvalue weighted by Gasteiger charge is -2.51. The van der Waals surface area contributed by atoms with Crippen LogP contribution in [-0.4, -0.2) is 44.5 Å². The molecule has 1 amide bonds. The van der Waals surface area contributed by atoms with Crippen molar-refractivity contribution in [2.45, 2.75) is 43.8 Å². The highest BCUT2D eigenvalue weighted by Crippen LogP contribution is 2.41. The monoisotopic (exact) mass is 508 g/mol. The maximum Gasteiger partial charge on any atom is 0.419 e. The Labute approximate surface area is 201 Å². The molecule has 5 rings (SSSR count). The largest absolute Gasteiger partial charge is 0.419 e. The molecule has 1 spiro atoms. The maximum atomic E-state index is 14.0. The van der Waals surface area contributed by atoms with Crippen LogP contribution >= 0.6 is 0 Å². The Morgan fingerprint density at radius 2 is 1.75 bits per heavy atom. The van der Waals surface area contributed by atoms with Crippen molar-refractivity contribution in [2.24, 2.45) is 0 Å². The topological polar surface area (TPSA) is 87.1 Å². The molecule has 0 unspecified atom stereocenters. The summed E-state index contributed by atoms with van der Waals surface area (Å²) in [6.07, 6.45) is -0.601. The number of nitrogens with one attached hydrogen (secondary N) is 1. The number of aromatic amines is 1. The Morgan fingerprint density at radius 3 is 2.42 bits per heavy atom. The van der Waals surface area contributed by atoms with Crippen LogP contribution < -0.4 is 15.4 Å². The van der Waals surface area contributed by atoms with E-state index in [4.69, 9.17) is 0 Å². The van der Waals surface area contributed by atoms with Crippen LogP contribution in [-0.2, 0) is 11.0 Å². The molecule has 36 heavy (non-hydrogen) atoms. The first-order chi connectivity index (χ1) is 17.1. The van der Waals surface area contributed by atoms with Crippen LogP contribution in [0.2, 0.25) is 0 Å². The fourth-order valence-electron chi connectivity index (χ4n) is 5.07. The van der Waals surface area contributed by atoms with Crippen molar-refractivity contribution in [1.29, 1.82) is 0 Å². The zero-order valence-corrected chi connectivity index (χ0v) is 18.9. The molecule has 190 valence electrons. The van der Waals surface area contributed by atoms with E-state index in [0.29, 0.717) is 51.4 Å². The summed E-state index contributed by atoms with van der Waals surface area (Å²) in [5, 5.41) is 9.81. The maximum absolute atomic E-state index is 14.0. The molecule has 2 aromatic heterocycles. The van der Waals surface area contributed by atoms with E-state index in [2.05, 4.69) is 15.3 Å². The standard InChI is InChI=1S/C23H21F5N6O2/c24-16-4-3-15(10-17(16)25)34-20(35)2-1-5-22(34)6-8-32(9-7-22)18-11-19(30-31-21(18)36)33-13-14(12-29-33)23(26,27)28/h3-4,10-13H,1-2,5-9H2,(H,31,36). The molecule has 0 bridgehead atoms. The summed E-state index contributed by atoms with van der Waals surface area (Å²) < 4.78 is 67.2. The predicted molar refractivity (Wildman–Crippen MR) is 119 cm³/mol. The van der Waals surface area contributed by atoms with Gasteiger partial charge in [0, 0.05) is 43.5 Å². The van der Waals surface area contributed by atoms with E-state index >= 15 is 0 Å². The van der Waals surface area contributed by atoms with Crippen LogP contribution in [0.25, 0.3) is 5.82 Å². The number of hydrogen-bond donors (Lipinski definition) is 1. The van der Waals surface area contributed by atoms with Gasteiger partial charge in [-0.05, 0) is 37.8 Å². The average molecular weight is 508 g/mol. The molecule has 0 saturated carbocycles. The van der Waals surface area contributed by atoms with E-state index in [-0.39, 0.29) is 23.1 Å². The smallest absolute Gasteiger partial charge is 0.367 e. The molecule has 2 fully saturated rings. The van der Waals surface area contributed by atoms with Gasteiger partial charge in [-0.3, -0.25) is 9.59 Å². The first-order valence-corrected chi connectivity index (χ1v) is 11.3. The van der Waals surface area contributed by atoms with Crippen molar-refractivity contribution in [3.05, 3.63) is 64.2 Å². The van der Waals surface area contributed by atoms with Crippen LogP contribution in [0.3, 0.4) is 0 Å². The minimum absolute atomic E-state index is 0.0108. The summed E-state index contributed by atoms with van der Waals surface area (Å²) in [6.45, 7) is 0.708. The zero-order valence-electron chi connectivity index (χ0n) is 18.9. The highest BCUT2D eigenvalue weighted by Gasteiger charge is 2.45. The van der Waals surface area contributed by atoms with Crippen molar-refractivity contribution in [3.63, 3.8) is 0 Å². The van der Waals surface area contributed by atoms with E-state index in [1.807, 2.05) is 0 Å². The number of anilines is 2. The van der Waals surface area contributed by atoms with Crippen LogP contribution in [0.4, 0.5) is 33.3 Å². The number of carbonyl (C=O) groups excluding carboxylic acids is 1. The fraction of sp³-hybridized carbons (Fsp3) is 0.391. The minimum Gasteiger partial charge on any atom is -0.367 e. The van der Waals surface area contributed by atoms with Gasteiger partial charge in [0.05, 0.1) is 17.3 Å². The van der Waals surface area contributed by atoms with Crippen molar-refractivity contribution in [3.8, 4) is 5.82 Å². The number of H-pyrrole nitrogens is 1.